The highest BCUT2D eigenvalue weighted by Gasteiger charge is 2.23. The summed E-state index contributed by atoms with van der Waals surface area (Å²) in [4.78, 5) is 16.4. The first-order chi connectivity index (χ1) is 30.3. The molecule has 0 saturated heterocycles. The van der Waals surface area contributed by atoms with Gasteiger partial charge < -0.3 is 4.57 Å². The van der Waals surface area contributed by atoms with E-state index in [9.17, 15) is 0 Å². The Balaban J connectivity index is 1.17. The molecule has 0 radical (unpaired) electrons. The van der Waals surface area contributed by atoms with E-state index in [0.717, 1.165) is 66.4 Å². The van der Waals surface area contributed by atoms with Crippen LogP contribution in [0.3, 0.4) is 0 Å². The molecule has 0 saturated carbocycles. The maximum atomic E-state index is 5.51. The van der Waals surface area contributed by atoms with Crippen LogP contribution in [-0.4, -0.2) is 19.5 Å². The summed E-state index contributed by atoms with van der Waals surface area (Å²) in [7, 11) is 0. The summed E-state index contributed by atoms with van der Waals surface area (Å²) in [5, 5.41) is 9.46. The monoisotopic (exact) mass is 776 g/mol. The fourth-order valence-electron chi connectivity index (χ4n) is 9.35. The number of benzene rings is 10. The van der Waals surface area contributed by atoms with Crippen molar-refractivity contribution in [2.75, 3.05) is 0 Å². The van der Waals surface area contributed by atoms with Crippen LogP contribution in [0.1, 0.15) is 0 Å². The Morgan fingerprint density at radius 2 is 0.820 bits per heavy atom. The number of para-hydroxylation sites is 2. The highest BCUT2D eigenvalue weighted by Crippen LogP contribution is 2.44. The molecule has 12 rings (SSSR count). The molecule has 0 aliphatic rings. The van der Waals surface area contributed by atoms with Crippen LogP contribution in [0, 0.1) is 0 Å². The Morgan fingerprint density at radius 1 is 0.295 bits per heavy atom. The van der Waals surface area contributed by atoms with Gasteiger partial charge in [0.2, 0.25) is 0 Å². The number of aromatic nitrogens is 4. The van der Waals surface area contributed by atoms with Crippen molar-refractivity contribution in [3.8, 4) is 62.1 Å². The zero-order valence-electron chi connectivity index (χ0n) is 33.1. The molecule has 0 unspecified atom stereocenters. The molecule has 0 fully saturated rings. The Labute approximate surface area is 352 Å². The van der Waals surface area contributed by atoms with E-state index in [1.165, 1.54) is 32.3 Å². The van der Waals surface area contributed by atoms with Gasteiger partial charge in [0.15, 0.2) is 17.5 Å². The number of fused-ring (bicyclic) bond motifs is 7. The molecular weight excluding hydrogens is 741 g/mol. The molecule has 0 aliphatic heterocycles. The van der Waals surface area contributed by atoms with E-state index in [0.29, 0.717) is 17.5 Å². The normalized spacial score (nSPS) is 11.6. The van der Waals surface area contributed by atoms with Crippen molar-refractivity contribution in [3.63, 3.8) is 0 Å². The summed E-state index contributed by atoms with van der Waals surface area (Å²) in [6, 6.07) is 77.4. The van der Waals surface area contributed by atoms with Crippen LogP contribution in [0.4, 0.5) is 0 Å². The van der Waals surface area contributed by atoms with Crippen molar-refractivity contribution >= 4 is 54.1 Å². The maximum Gasteiger partial charge on any atom is 0.164 e. The Kier molecular flexibility index (Phi) is 8.13. The number of rotatable bonds is 6. The van der Waals surface area contributed by atoms with Crippen LogP contribution in [0.2, 0.25) is 0 Å². The summed E-state index contributed by atoms with van der Waals surface area (Å²) < 4.78 is 2.34. The largest absolute Gasteiger partial charge is 0.309 e. The van der Waals surface area contributed by atoms with Crippen molar-refractivity contribution in [1.29, 1.82) is 0 Å². The molecule has 4 heteroatoms. The minimum absolute atomic E-state index is 0.615. The van der Waals surface area contributed by atoms with E-state index >= 15 is 0 Å². The third-order valence-corrected chi connectivity index (χ3v) is 12.0. The second-order valence-corrected chi connectivity index (χ2v) is 15.5. The van der Waals surface area contributed by atoms with Gasteiger partial charge in [0.05, 0.1) is 11.0 Å². The van der Waals surface area contributed by atoms with E-state index in [1.54, 1.807) is 0 Å². The first kappa shape index (κ1) is 34.8. The van der Waals surface area contributed by atoms with Crippen LogP contribution in [0.5, 0.6) is 0 Å². The minimum Gasteiger partial charge on any atom is -0.309 e. The Bertz CT molecular complexity index is 3650. The predicted octanol–water partition coefficient (Wildman–Crippen LogP) is 14.8. The lowest BCUT2D eigenvalue weighted by Crippen LogP contribution is -2.02. The van der Waals surface area contributed by atoms with Crippen molar-refractivity contribution < 1.29 is 0 Å². The minimum atomic E-state index is 0.615. The van der Waals surface area contributed by atoms with Gasteiger partial charge in [-0.1, -0.05) is 188 Å². The molecule has 0 bridgehead atoms. The molecule has 0 amide bonds. The van der Waals surface area contributed by atoms with Crippen LogP contribution >= 0.6 is 0 Å². The second kappa shape index (κ2) is 14.3. The first-order valence-electron chi connectivity index (χ1n) is 20.7. The van der Waals surface area contributed by atoms with E-state index in [4.69, 9.17) is 15.0 Å². The van der Waals surface area contributed by atoms with E-state index in [1.807, 2.05) is 0 Å². The SMILES string of the molecule is c1ccc(-c2ccccc2-c2nc(-c3ccccc3-c3c4ccccc4cc4c3ccc3ccccc34)nc(-c3cccc4c3c3ccccc3n4-c3ccccc3)n2)cc1. The van der Waals surface area contributed by atoms with Gasteiger partial charge in [-0.05, 0) is 84.9 Å². The Morgan fingerprint density at radius 3 is 1.57 bits per heavy atom. The lowest BCUT2D eigenvalue weighted by atomic mass is 9.88. The van der Waals surface area contributed by atoms with Gasteiger partial charge in [0.25, 0.3) is 0 Å². The summed E-state index contributed by atoms with van der Waals surface area (Å²) in [5.74, 6) is 1.85. The highest BCUT2D eigenvalue weighted by molar-refractivity contribution is 6.21. The van der Waals surface area contributed by atoms with Crippen molar-refractivity contribution in [2.24, 2.45) is 0 Å². The van der Waals surface area contributed by atoms with Gasteiger partial charge in [-0.3, -0.25) is 0 Å². The van der Waals surface area contributed by atoms with E-state index < -0.39 is 0 Å². The fourth-order valence-corrected chi connectivity index (χ4v) is 9.35. The average Bonchev–Trinajstić information content (AvgIpc) is 3.68. The molecule has 61 heavy (non-hydrogen) atoms. The average molecular weight is 777 g/mol. The van der Waals surface area contributed by atoms with E-state index in [-0.39, 0.29) is 0 Å². The fraction of sp³-hybridized carbons (Fsp3) is 0. The lowest BCUT2D eigenvalue weighted by Gasteiger charge is -2.17. The number of hydrogen-bond donors (Lipinski definition) is 0. The molecule has 0 spiro atoms. The number of nitrogens with zero attached hydrogens (tertiary/aromatic N) is 4. The van der Waals surface area contributed by atoms with Gasteiger partial charge in [-0.15, -0.1) is 0 Å². The third-order valence-electron chi connectivity index (χ3n) is 12.0. The molecule has 4 nitrogen and oxygen atoms in total. The summed E-state index contributed by atoms with van der Waals surface area (Å²) in [5.41, 5.74) is 10.5. The van der Waals surface area contributed by atoms with Crippen molar-refractivity contribution in [2.45, 2.75) is 0 Å². The molecule has 2 heterocycles. The van der Waals surface area contributed by atoms with Crippen molar-refractivity contribution in [3.05, 3.63) is 218 Å². The zero-order chi connectivity index (χ0) is 40.3. The number of hydrogen-bond acceptors (Lipinski definition) is 3. The predicted molar refractivity (Wildman–Crippen MR) is 254 cm³/mol. The van der Waals surface area contributed by atoms with Gasteiger partial charge in [0.1, 0.15) is 0 Å². The second-order valence-electron chi connectivity index (χ2n) is 15.5. The molecule has 0 N–H and O–H groups in total. The van der Waals surface area contributed by atoms with Gasteiger partial charge in [0, 0.05) is 33.2 Å². The quantitative estimate of drug-likeness (QED) is 0.125. The standard InChI is InChI=1S/C57H36N4/c1-3-18-37(19-4-1)41-24-11-13-28-46(41)55-58-56(60-57(59-55)49-31-17-33-52-54(49)48-30-15-16-32-51(48)61(52)40-22-5-2-6-23-40)47-29-14-12-27-44(47)53-43-26-10-8-21-39(43)36-50-42-25-9-7-20-38(42)34-35-45(50)53/h1-36H. The van der Waals surface area contributed by atoms with Crippen molar-refractivity contribution in [1.82, 2.24) is 19.5 Å². The molecule has 0 aliphatic carbocycles. The Hall–Kier alpha value is -8.21. The van der Waals surface area contributed by atoms with Gasteiger partial charge >= 0.3 is 0 Å². The molecule has 10 aromatic carbocycles. The molecule has 2 aromatic heterocycles. The summed E-state index contributed by atoms with van der Waals surface area (Å²) >= 11 is 0. The smallest absolute Gasteiger partial charge is 0.164 e. The molecular formula is C57H36N4. The third kappa shape index (κ3) is 5.72. The van der Waals surface area contributed by atoms with Crippen LogP contribution in [0.15, 0.2) is 218 Å². The van der Waals surface area contributed by atoms with Gasteiger partial charge in [-0.25, -0.2) is 15.0 Å². The topological polar surface area (TPSA) is 43.6 Å². The van der Waals surface area contributed by atoms with Crippen LogP contribution in [-0.2, 0) is 0 Å². The molecule has 0 atom stereocenters. The van der Waals surface area contributed by atoms with Gasteiger partial charge in [-0.2, -0.15) is 0 Å². The highest BCUT2D eigenvalue weighted by atomic mass is 15.0. The molecule has 12 aromatic rings. The first-order valence-corrected chi connectivity index (χ1v) is 20.7. The maximum absolute atomic E-state index is 5.51. The zero-order valence-corrected chi connectivity index (χ0v) is 33.1. The summed E-state index contributed by atoms with van der Waals surface area (Å²) in [6.45, 7) is 0. The lowest BCUT2D eigenvalue weighted by molar-refractivity contribution is 1.08. The summed E-state index contributed by atoms with van der Waals surface area (Å²) in [6.07, 6.45) is 0. The van der Waals surface area contributed by atoms with Crippen LogP contribution < -0.4 is 0 Å². The van der Waals surface area contributed by atoms with Crippen LogP contribution in [0.25, 0.3) is 116 Å². The van der Waals surface area contributed by atoms with E-state index in [2.05, 4.69) is 223 Å². The molecule has 284 valence electrons.